The van der Waals surface area contributed by atoms with Crippen LogP contribution in [0, 0.1) is 0 Å². The second-order valence-electron chi connectivity index (χ2n) is 4.82. The molecule has 0 heterocycles. The van der Waals surface area contributed by atoms with Crippen LogP contribution in [0.25, 0.3) is 0 Å². The van der Waals surface area contributed by atoms with Gasteiger partial charge in [0.15, 0.2) is 0 Å². The lowest BCUT2D eigenvalue weighted by atomic mass is 10.1. The molecule has 1 unspecified atom stereocenters. The number of aliphatic hydroxyl groups is 1. The zero-order chi connectivity index (χ0) is 15.8. The van der Waals surface area contributed by atoms with Gasteiger partial charge >= 0.3 is 6.03 Å². The summed E-state index contributed by atoms with van der Waals surface area (Å²) < 4.78 is 0. The Morgan fingerprint density at radius 2 is 1.82 bits per heavy atom. The van der Waals surface area contributed by atoms with Gasteiger partial charge in [-0.1, -0.05) is 42.5 Å². The van der Waals surface area contributed by atoms with E-state index in [1.807, 2.05) is 60.9 Å². The Balaban J connectivity index is 1.86. The number of aliphatic hydroxyl groups excluding tert-OH is 1. The highest BCUT2D eigenvalue weighted by Crippen LogP contribution is 2.15. The first kappa shape index (κ1) is 16.4. The van der Waals surface area contributed by atoms with E-state index in [-0.39, 0.29) is 12.6 Å². The minimum Gasteiger partial charge on any atom is -0.394 e. The minimum atomic E-state index is -0.403. The van der Waals surface area contributed by atoms with Gasteiger partial charge in [0.2, 0.25) is 0 Å². The molecule has 2 aromatic carbocycles. The smallest absolute Gasteiger partial charge is 0.315 e. The molecule has 0 aromatic heterocycles. The van der Waals surface area contributed by atoms with Gasteiger partial charge < -0.3 is 15.7 Å². The summed E-state index contributed by atoms with van der Waals surface area (Å²) in [4.78, 5) is 13.1. The normalized spacial score (nSPS) is 11.7. The van der Waals surface area contributed by atoms with Gasteiger partial charge in [-0.15, -0.1) is 11.8 Å². The van der Waals surface area contributed by atoms with E-state index in [1.54, 1.807) is 11.8 Å². The highest BCUT2D eigenvalue weighted by molar-refractivity contribution is 7.98. The zero-order valence-corrected chi connectivity index (χ0v) is 13.3. The molecule has 0 spiro atoms. The maximum absolute atomic E-state index is 11.9. The van der Waals surface area contributed by atoms with E-state index < -0.39 is 6.04 Å². The third-order valence-corrected chi connectivity index (χ3v) is 4.05. The number of hydrogen-bond acceptors (Lipinski definition) is 3. The van der Waals surface area contributed by atoms with E-state index >= 15 is 0 Å². The Labute approximate surface area is 134 Å². The van der Waals surface area contributed by atoms with Crippen molar-refractivity contribution in [1.82, 2.24) is 10.6 Å². The molecule has 0 saturated heterocycles. The minimum absolute atomic E-state index is 0.139. The first-order chi connectivity index (χ1) is 10.7. The third-order valence-electron chi connectivity index (χ3n) is 3.30. The Kier molecular flexibility index (Phi) is 6.30. The van der Waals surface area contributed by atoms with Gasteiger partial charge in [0, 0.05) is 11.4 Å². The molecule has 5 heteroatoms. The van der Waals surface area contributed by atoms with E-state index in [2.05, 4.69) is 10.6 Å². The second-order valence-corrected chi connectivity index (χ2v) is 5.70. The van der Waals surface area contributed by atoms with Crippen LogP contribution in [0.4, 0.5) is 4.79 Å². The van der Waals surface area contributed by atoms with Crippen molar-refractivity contribution in [2.45, 2.75) is 17.5 Å². The predicted molar refractivity (Wildman–Crippen MR) is 89.9 cm³/mol. The molecular weight excluding hydrogens is 296 g/mol. The average Bonchev–Trinajstić information content (AvgIpc) is 2.59. The zero-order valence-electron chi connectivity index (χ0n) is 12.5. The van der Waals surface area contributed by atoms with Crippen molar-refractivity contribution < 1.29 is 9.90 Å². The van der Waals surface area contributed by atoms with Gasteiger partial charge in [-0.3, -0.25) is 0 Å². The van der Waals surface area contributed by atoms with Crippen LogP contribution in [-0.2, 0) is 6.54 Å². The molecule has 0 aliphatic heterocycles. The lowest BCUT2D eigenvalue weighted by Crippen LogP contribution is -2.38. The fraction of sp³-hybridized carbons (Fsp3) is 0.235. The maximum atomic E-state index is 11.9. The first-order valence-electron chi connectivity index (χ1n) is 7.06. The quantitative estimate of drug-likeness (QED) is 0.718. The summed E-state index contributed by atoms with van der Waals surface area (Å²) >= 11 is 1.68. The summed E-state index contributed by atoms with van der Waals surface area (Å²) in [6.45, 7) is 0.313. The summed E-state index contributed by atoms with van der Waals surface area (Å²) in [5.74, 6) is 0. The van der Waals surface area contributed by atoms with Gasteiger partial charge in [0.05, 0.1) is 12.6 Å². The van der Waals surface area contributed by atoms with Crippen molar-refractivity contribution in [3.8, 4) is 0 Å². The number of hydrogen-bond donors (Lipinski definition) is 3. The summed E-state index contributed by atoms with van der Waals surface area (Å²) in [5.41, 5.74) is 1.91. The summed E-state index contributed by atoms with van der Waals surface area (Å²) in [5, 5.41) is 15.0. The molecule has 2 rings (SSSR count). The average molecular weight is 316 g/mol. The number of urea groups is 1. The van der Waals surface area contributed by atoms with Crippen molar-refractivity contribution >= 4 is 17.8 Å². The van der Waals surface area contributed by atoms with Crippen LogP contribution in [0.15, 0.2) is 59.5 Å². The molecule has 0 saturated carbocycles. The molecule has 22 heavy (non-hydrogen) atoms. The van der Waals surface area contributed by atoms with Crippen LogP contribution in [0.1, 0.15) is 17.2 Å². The topological polar surface area (TPSA) is 61.4 Å². The Morgan fingerprint density at radius 1 is 1.14 bits per heavy atom. The highest BCUT2D eigenvalue weighted by Gasteiger charge is 2.12. The fourth-order valence-electron chi connectivity index (χ4n) is 2.05. The van der Waals surface area contributed by atoms with Gasteiger partial charge in [0.25, 0.3) is 0 Å². The molecule has 3 N–H and O–H groups in total. The molecule has 0 bridgehead atoms. The molecule has 4 nitrogen and oxygen atoms in total. The molecule has 2 aromatic rings. The molecule has 0 radical (unpaired) electrons. The largest absolute Gasteiger partial charge is 0.394 e. The van der Waals surface area contributed by atoms with Crippen LogP contribution in [0.5, 0.6) is 0 Å². The van der Waals surface area contributed by atoms with E-state index in [9.17, 15) is 9.90 Å². The number of nitrogens with one attached hydrogen (secondary N) is 2. The first-order valence-corrected chi connectivity index (χ1v) is 8.28. The second kappa shape index (κ2) is 8.46. The van der Waals surface area contributed by atoms with Crippen LogP contribution in [0.2, 0.25) is 0 Å². The van der Waals surface area contributed by atoms with Crippen molar-refractivity contribution in [1.29, 1.82) is 0 Å². The van der Waals surface area contributed by atoms with E-state index in [0.29, 0.717) is 6.54 Å². The number of amides is 2. The number of thioether (sulfide) groups is 1. The number of benzene rings is 2. The molecule has 0 aliphatic rings. The Hall–Kier alpha value is -1.98. The monoisotopic (exact) mass is 316 g/mol. The molecule has 1 atom stereocenters. The van der Waals surface area contributed by atoms with E-state index in [0.717, 1.165) is 11.1 Å². The van der Waals surface area contributed by atoms with Crippen molar-refractivity contribution in [3.63, 3.8) is 0 Å². The lowest BCUT2D eigenvalue weighted by molar-refractivity contribution is 0.216. The molecule has 0 fully saturated rings. The number of rotatable bonds is 6. The Morgan fingerprint density at radius 3 is 2.41 bits per heavy atom. The van der Waals surface area contributed by atoms with Crippen LogP contribution in [-0.4, -0.2) is 24.0 Å². The van der Waals surface area contributed by atoms with Crippen molar-refractivity contribution in [2.24, 2.45) is 0 Å². The van der Waals surface area contributed by atoms with Gasteiger partial charge in [-0.2, -0.15) is 0 Å². The highest BCUT2D eigenvalue weighted by atomic mass is 32.2. The summed E-state index contributed by atoms with van der Waals surface area (Å²) in [7, 11) is 0. The van der Waals surface area contributed by atoms with Gasteiger partial charge in [-0.25, -0.2) is 4.79 Å². The van der Waals surface area contributed by atoms with Crippen LogP contribution >= 0.6 is 11.8 Å². The molecule has 0 aliphatic carbocycles. The third kappa shape index (κ3) is 4.79. The van der Waals surface area contributed by atoms with E-state index in [4.69, 9.17) is 0 Å². The number of carbonyl (C=O) groups is 1. The standard InChI is InChI=1S/C17H20N2O2S/c1-22-15-9-7-13(8-10-15)11-18-17(21)19-16(12-20)14-5-3-2-4-6-14/h2-10,16,20H,11-12H2,1H3,(H2,18,19,21). The summed E-state index contributed by atoms with van der Waals surface area (Å²) in [6, 6.07) is 16.8. The summed E-state index contributed by atoms with van der Waals surface area (Å²) in [6.07, 6.45) is 2.03. The fourth-order valence-corrected chi connectivity index (χ4v) is 2.46. The van der Waals surface area contributed by atoms with Crippen LogP contribution in [0.3, 0.4) is 0 Å². The maximum Gasteiger partial charge on any atom is 0.315 e. The van der Waals surface area contributed by atoms with Gasteiger partial charge in [-0.05, 0) is 29.5 Å². The lowest BCUT2D eigenvalue weighted by Gasteiger charge is -2.17. The van der Waals surface area contributed by atoms with Gasteiger partial charge in [0.1, 0.15) is 0 Å². The number of carbonyl (C=O) groups excluding carboxylic acids is 1. The predicted octanol–water partition coefficient (Wildman–Crippen LogP) is 2.94. The SMILES string of the molecule is CSc1ccc(CNC(=O)NC(CO)c2ccccc2)cc1. The molecule has 2 amide bonds. The Bertz CT molecular complexity index is 587. The van der Waals surface area contributed by atoms with Crippen molar-refractivity contribution in [3.05, 3.63) is 65.7 Å². The van der Waals surface area contributed by atoms with Crippen molar-refractivity contribution in [2.75, 3.05) is 12.9 Å². The van der Waals surface area contributed by atoms with Crippen LogP contribution < -0.4 is 10.6 Å². The molecular formula is C17H20N2O2S. The van der Waals surface area contributed by atoms with E-state index in [1.165, 1.54) is 4.90 Å². The molecule has 116 valence electrons.